The van der Waals surface area contributed by atoms with Crippen LogP contribution in [-0.4, -0.2) is 82.8 Å². The first kappa shape index (κ1) is 21.4. The summed E-state index contributed by atoms with van der Waals surface area (Å²) in [6, 6.07) is 5.34. The van der Waals surface area contributed by atoms with E-state index in [1.807, 2.05) is 32.9 Å². The van der Waals surface area contributed by atoms with Gasteiger partial charge in [-0.15, -0.1) is 0 Å². The molecule has 2 atom stereocenters. The fourth-order valence-electron chi connectivity index (χ4n) is 4.17. The van der Waals surface area contributed by atoms with Crippen molar-refractivity contribution in [2.45, 2.75) is 39.5 Å². The molecule has 0 bridgehead atoms. The summed E-state index contributed by atoms with van der Waals surface area (Å²) in [4.78, 5) is 19.1. The molecule has 2 aromatic heterocycles. The van der Waals surface area contributed by atoms with Gasteiger partial charge in [0.05, 0.1) is 17.9 Å². The SMILES string of the molecule is Cc1ccc2nc(CN3CCN(S(=O)(=O)N4CC(C)OC(C)C4)CC3)cc(=O)n2c1. The van der Waals surface area contributed by atoms with E-state index < -0.39 is 10.2 Å². The first-order valence-electron chi connectivity index (χ1n) is 10.3. The Morgan fingerprint density at radius 3 is 2.40 bits per heavy atom. The minimum atomic E-state index is -3.50. The Kier molecular flexibility index (Phi) is 5.95. The number of aromatic nitrogens is 2. The van der Waals surface area contributed by atoms with Crippen LogP contribution in [0.3, 0.4) is 0 Å². The zero-order valence-corrected chi connectivity index (χ0v) is 18.5. The van der Waals surface area contributed by atoms with Crippen LogP contribution in [0.25, 0.3) is 5.65 Å². The molecular formula is C20H29N5O4S. The summed E-state index contributed by atoms with van der Waals surface area (Å²) in [5.41, 5.74) is 2.23. The molecule has 0 aromatic carbocycles. The second-order valence-electron chi connectivity index (χ2n) is 8.28. The Hall–Kier alpha value is -1.85. The first-order valence-corrected chi connectivity index (χ1v) is 11.7. The van der Waals surface area contributed by atoms with E-state index in [1.165, 1.54) is 4.31 Å². The van der Waals surface area contributed by atoms with E-state index in [9.17, 15) is 13.2 Å². The standard InChI is InChI=1S/C20H29N5O4S/c1-15-4-5-19-21-18(10-20(26)25(19)11-15)14-22-6-8-23(9-7-22)30(27,28)24-12-16(2)29-17(3)13-24/h4-5,10-11,16-17H,6-9,12-14H2,1-3H3. The van der Waals surface area contributed by atoms with Crippen LogP contribution in [0.5, 0.6) is 0 Å². The number of fused-ring (bicyclic) bond motifs is 1. The third kappa shape index (κ3) is 4.42. The quantitative estimate of drug-likeness (QED) is 0.694. The minimum Gasteiger partial charge on any atom is -0.373 e. The van der Waals surface area contributed by atoms with Crippen LogP contribution >= 0.6 is 0 Å². The van der Waals surface area contributed by atoms with E-state index in [2.05, 4.69) is 9.88 Å². The largest absolute Gasteiger partial charge is 0.373 e. The number of aryl methyl sites for hydroxylation is 1. The highest BCUT2D eigenvalue weighted by Crippen LogP contribution is 2.19. The Balaban J connectivity index is 1.41. The van der Waals surface area contributed by atoms with E-state index >= 15 is 0 Å². The summed E-state index contributed by atoms with van der Waals surface area (Å²) in [6.45, 7) is 9.09. The van der Waals surface area contributed by atoms with Crippen molar-refractivity contribution >= 4 is 15.9 Å². The summed E-state index contributed by atoms with van der Waals surface area (Å²) in [6.07, 6.45) is 1.57. The molecule has 2 saturated heterocycles. The molecule has 30 heavy (non-hydrogen) atoms. The highest BCUT2D eigenvalue weighted by atomic mass is 32.2. The zero-order chi connectivity index (χ0) is 21.5. The van der Waals surface area contributed by atoms with Crippen molar-refractivity contribution in [3.05, 3.63) is 46.0 Å². The molecule has 164 valence electrons. The van der Waals surface area contributed by atoms with Gasteiger partial charge in [-0.2, -0.15) is 17.0 Å². The number of piperazine rings is 1. The molecule has 9 nitrogen and oxygen atoms in total. The third-order valence-corrected chi connectivity index (χ3v) is 7.58. The monoisotopic (exact) mass is 435 g/mol. The fourth-order valence-corrected chi connectivity index (χ4v) is 5.92. The van der Waals surface area contributed by atoms with Crippen molar-refractivity contribution in [1.29, 1.82) is 0 Å². The predicted octanol–water partition coefficient (Wildman–Crippen LogP) is 0.475. The van der Waals surface area contributed by atoms with Crippen LogP contribution in [0, 0.1) is 6.92 Å². The van der Waals surface area contributed by atoms with Crippen molar-refractivity contribution in [3.63, 3.8) is 0 Å². The molecule has 0 aliphatic carbocycles. The van der Waals surface area contributed by atoms with E-state index in [1.54, 1.807) is 21.0 Å². The van der Waals surface area contributed by atoms with Gasteiger partial charge in [0.15, 0.2) is 0 Å². The highest BCUT2D eigenvalue weighted by Gasteiger charge is 2.36. The lowest BCUT2D eigenvalue weighted by molar-refractivity contribution is -0.0457. The fraction of sp³-hybridized carbons (Fsp3) is 0.600. The van der Waals surface area contributed by atoms with E-state index in [0.29, 0.717) is 57.2 Å². The van der Waals surface area contributed by atoms with E-state index in [-0.39, 0.29) is 17.8 Å². The number of ether oxygens (including phenoxy) is 1. The maximum atomic E-state index is 13.0. The molecule has 4 rings (SSSR count). The first-order chi connectivity index (χ1) is 14.2. The average Bonchev–Trinajstić information content (AvgIpc) is 2.68. The van der Waals surface area contributed by atoms with Crippen molar-refractivity contribution in [2.24, 2.45) is 0 Å². The summed E-state index contributed by atoms with van der Waals surface area (Å²) in [5.74, 6) is 0. The molecule has 4 heterocycles. The second-order valence-corrected chi connectivity index (χ2v) is 10.2. The number of morpholine rings is 1. The number of nitrogens with zero attached hydrogens (tertiary/aromatic N) is 5. The summed E-state index contributed by atoms with van der Waals surface area (Å²) < 4.78 is 36.4. The van der Waals surface area contributed by atoms with Crippen molar-refractivity contribution in [3.8, 4) is 0 Å². The van der Waals surface area contributed by atoms with Gasteiger partial charge in [-0.3, -0.25) is 14.1 Å². The van der Waals surface area contributed by atoms with Gasteiger partial charge in [0.25, 0.3) is 15.8 Å². The van der Waals surface area contributed by atoms with E-state index in [0.717, 1.165) is 5.56 Å². The van der Waals surface area contributed by atoms with Gasteiger partial charge < -0.3 is 4.74 Å². The lowest BCUT2D eigenvalue weighted by atomic mass is 10.3. The Morgan fingerprint density at radius 1 is 1.07 bits per heavy atom. The van der Waals surface area contributed by atoms with Crippen LogP contribution < -0.4 is 5.56 Å². The number of pyridine rings is 1. The van der Waals surface area contributed by atoms with Crippen molar-refractivity contribution in [1.82, 2.24) is 22.9 Å². The van der Waals surface area contributed by atoms with Gasteiger partial charge in [-0.1, -0.05) is 6.07 Å². The molecule has 2 fully saturated rings. The number of hydrogen-bond acceptors (Lipinski definition) is 6. The molecule has 0 spiro atoms. The molecule has 2 aromatic rings. The Bertz CT molecular complexity index is 1070. The predicted molar refractivity (Wildman–Crippen MR) is 114 cm³/mol. The summed E-state index contributed by atoms with van der Waals surface area (Å²) in [5, 5.41) is 0. The molecule has 2 aliphatic rings. The molecule has 0 saturated carbocycles. The Labute approximate surface area is 177 Å². The maximum absolute atomic E-state index is 13.0. The normalized spacial score (nSPS) is 25.0. The topological polar surface area (TPSA) is 87.5 Å². The number of rotatable bonds is 4. The lowest BCUT2D eigenvalue weighted by Gasteiger charge is -2.40. The van der Waals surface area contributed by atoms with Crippen molar-refractivity contribution in [2.75, 3.05) is 39.3 Å². The molecule has 2 aliphatic heterocycles. The molecular weight excluding hydrogens is 406 g/mol. The van der Waals surface area contributed by atoms with Gasteiger partial charge in [-0.25, -0.2) is 4.98 Å². The van der Waals surface area contributed by atoms with Crippen LogP contribution in [0.2, 0.25) is 0 Å². The molecule has 0 radical (unpaired) electrons. The van der Waals surface area contributed by atoms with Crippen LogP contribution in [0.1, 0.15) is 25.1 Å². The van der Waals surface area contributed by atoms with E-state index in [4.69, 9.17) is 4.74 Å². The van der Waals surface area contributed by atoms with Crippen LogP contribution in [-0.2, 0) is 21.5 Å². The minimum absolute atomic E-state index is 0.101. The lowest BCUT2D eigenvalue weighted by Crippen LogP contribution is -2.57. The summed E-state index contributed by atoms with van der Waals surface area (Å²) >= 11 is 0. The zero-order valence-electron chi connectivity index (χ0n) is 17.7. The summed E-state index contributed by atoms with van der Waals surface area (Å²) in [7, 11) is -3.50. The molecule has 0 amide bonds. The third-order valence-electron chi connectivity index (χ3n) is 5.62. The van der Waals surface area contributed by atoms with Crippen molar-refractivity contribution < 1.29 is 13.2 Å². The number of hydrogen-bond donors (Lipinski definition) is 0. The molecule has 2 unspecified atom stereocenters. The van der Waals surface area contributed by atoms with Crippen LogP contribution in [0.15, 0.2) is 29.2 Å². The highest BCUT2D eigenvalue weighted by molar-refractivity contribution is 7.86. The van der Waals surface area contributed by atoms with Gasteiger partial charge in [0.1, 0.15) is 5.65 Å². The second kappa shape index (κ2) is 8.35. The van der Waals surface area contributed by atoms with Gasteiger partial charge in [0, 0.05) is 58.1 Å². The van der Waals surface area contributed by atoms with Gasteiger partial charge in [-0.05, 0) is 32.4 Å². The van der Waals surface area contributed by atoms with Gasteiger partial charge in [0.2, 0.25) is 0 Å². The molecule has 10 heteroatoms. The maximum Gasteiger partial charge on any atom is 0.282 e. The van der Waals surface area contributed by atoms with Gasteiger partial charge >= 0.3 is 0 Å². The van der Waals surface area contributed by atoms with Crippen LogP contribution in [0.4, 0.5) is 0 Å². The average molecular weight is 436 g/mol. The Morgan fingerprint density at radius 2 is 1.73 bits per heavy atom. The smallest absolute Gasteiger partial charge is 0.282 e. The molecule has 0 N–H and O–H groups in total.